The van der Waals surface area contributed by atoms with Crippen LogP contribution in [0.15, 0.2) is 195 Å². The summed E-state index contributed by atoms with van der Waals surface area (Å²) in [4.78, 5) is 0. The lowest BCUT2D eigenvalue weighted by Crippen LogP contribution is -1.96. The monoisotopic (exact) mass is 687 g/mol. The zero-order valence-corrected chi connectivity index (χ0v) is 30.1. The zero-order chi connectivity index (χ0) is 36.2. The van der Waals surface area contributed by atoms with E-state index in [2.05, 4.69) is 194 Å². The first-order valence-electron chi connectivity index (χ1n) is 18.7. The quantitative estimate of drug-likeness (QED) is 0.164. The minimum atomic E-state index is 0.981. The number of fused-ring (bicyclic) bond motifs is 5. The number of anilines is 2. The van der Waals surface area contributed by atoms with E-state index >= 15 is 0 Å². The van der Waals surface area contributed by atoms with Gasteiger partial charge in [-0.25, -0.2) is 0 Å². The van der Waals surface area contributed by atoms with Crippen LogP contribution in [-0.2, 0) is 0 Å². The molecule has 10 rings (SSSR count). The molecule has 0 bridgehead atoms. The molecule has 0 radical (unpaired) electrons. The van der Waals surface area contributed by atoms with Crippen molar-refractivity contribution in [1.82, 2.24) is 0 Å². The number of benzene rings is 9. The van der Waals surface area contributed by atoms with Gasteiger partial charge >= 0.3 is 0 Å². The molecule has 0 saturated heterocycles. The van der Waals surface area contributed by atoms with Gasteiger partial charge in [-0.15, -0.1) is 0 Å². The lowest BCUT2D eigenvalue weighted by Gasteiger charge is -2.20. The molecule has 0 aliphatic heterocycles. The predicted octanol–water partition coefficient (Wildman–Crippen LogP) is 15.1. The van der Waals surface area contributed by atoms with E-state index in [1.165, 1.54) is 88.0 Å². The van der Waals surface area contributed by atoms with Crippen LogP contribution in [0.5, 0.6) is 0 Å². The lowest BCUT2D eigenvalue weighted by atomic mass is 9.82. The summed E-state index contributed by atoms with van der Waals surface area (Å²) in [6.07, 6.45) is 4.11. The van der Waals surface area contributed by atoms with Crippen LogP contribution >= 0.6 is 0 Å². The molecule has 0 fully saturated rings. The number of hydrogen-bond acceptors (Lipinski definition) is 1. The van der Waals surface area contributed by atoms with Gasteiger partial charge in [0, 0.05) is 16.9 Å². The fourth-order valence-corrected chi connectivity index (χ4v) is 8.65. The molecular weight excluding hydrogens is 651 g/mol. The van der Waals surface area contributed by atoms with Crippen molar-refractivity contribution in [3.63, 3.8) is 0 Å². The first-order valence-corrected chi connectivity index (χ1v) is 18.7. The highest BCUT2D eigenvalue weighted by Gasteiger charge is 2.31. The highest BCUT2D eigenvalue weighted by molar-refractivity contribution is 6.28. The van der Waals surface area contributed by atoms with Crippen LogP contribution in [-0.4, -0.2) is 0 Å². The summed E-state index contributed by atoms with van der Waals surface area (Å²) in [5.74, 6) is 0. The lowest BCUT2D eigenvalue weighted by molar-refractivity contribution is 1.53. The molecule has 1 heteroatoms. The Morgan fingerprint density at radius 1 is 0.463 bits per heavy atom. The van der Waals surface area contributed by atoms with Crippen LogP contribution in [0.3, 0.4) is 0 Å². The van der Waals surface area contributed by atoms with Crippen molar-refractivity contribution in [2.45, 2.75) is 6.92 Å². The van der Waals surface area contributed by atoms with Gasteiger partial charge in [0.2, 0.25) is 0 Å². The average Bonchev–Trinajstić information content (AvgIpc) is 3.55. The fourth-order valence-electron chi connectivity index (χ4n) is 8.65. The molecule has 254 valence electrons. The van der Waals surface area contributed by atoms with Gasteiger partial charge in [0.1, 0.15) is 0 Å². The number of hydrogen-bond donors (Lipinski definition) is 1. The maximum atomic E-state index is 4.37. The van der Waals surface area contributed by atoms with Crippen molar-refractivity contribution >= 4 is 49.3 Å². The fraction of sp³-hybridized carbons (Fsp3) is 0.0189. The van der Waals surface area contributed by atoms with Crippen LogP contribution in [0.2, 0.25) is 0 Å². The highest BCUT2D eigenvalue weighted by Crippen LogP contribution is 2.58. The molecule has 54 heavy (non-hydrogen) atoms. The molecule has 0 atom stereocenters. The Labute approximate surface area is 316 Å². The zero-order valence-electron chi connectivity index (χ0n) is 30.1. The molecule has 1 aliphatic rings. The van der Waals surface area contributed by atoms with Crippen molar-refractivity contribution in [3.8, 4) is 55.6 Å². The van der Waals surface area contributed by atoms with Gasteiger partial charge < -0.3 is 5.32 Å². The van der Waals surface area contributed by atoms with Crippen molar-refractivity contribution in [3.05, 3.63) is 200 Å². The van der Waals surface area contributed by atoms with Gasteiger partial charge in [-0.05, 0) is 125 Å². The Hall–Kier alpha value is -6.96. The molecule has 1 N–H and O–H groups in total. The number of allylic oxidation sites excluding steroid dienone is 3. The Bertz CT molecular complexity index is 2860. The van der Waals surface area contributed by atoms with Crippen LogP contribution < -0.4 is 5.32 Å². The van der Waals surface area contributed by atoms with E-state index in [9.17, 15) is 0 Å². The third kappa shape index (κ3) is 5.09. The molecule has 9 aromatic carbocycles. The first-order chi connectivity index (χ1) is 26.7. The normalized spacial score (nSPS) is 11.8. The van der Waals surface area contributed by atoms with Gasteiger partial charge in [0.25, 0.3) is 0 Å². The topological polar surface area (TPSA) is 12.0 Å². The molecule has 9 aromatic rings. The van der Waals surface area contributed by atoms with E-state index in [1.807, 2.05) is 13.0 Å². The molecule has 0 spiro atoms. The van der Waals surface area contributed by atoms with E-state index in [1.54, 1.807) is 0 Å². The highest BCUT2D eigenvalue weighted by atomic mass is 14.9. The largest absolute Gasteiger partial charge is 0.355 e. The van der Waals surface area contributed by atoms with Crippen LogP contribution in [0.4, 0.5) is 11.4 Å². The standard InChI is InChI=1S/C53H37N/c1-3-15-34(2)47-32-38-20-10-11-21-39(38)33-48(47)54-40-28-26-35(27-29-40)41-30-31-46-51-42(41)24-14-25-45(51)52-49(36-16-6-4-7-17-36)43-22-12-13-23-44(43)50(53(46)52)37-18-8-5-9-19-37/h3-33,54H,2H2,1H3/b15-3-. The summed E-state index contributed by atoms with van der Waals surface area (Å²) in [5.41, 5.74) is 16.9. The maximum Gasteiger partial charge on any atom is 0.0470 e. The smallest absolute Gasteiger partial charge is 0.0470 e. The summed E-state index contributed by atoms with van der Waals surface area (Å²) in [5, 5.41) is 11.3. The molecule has 0 saturated carbocycles. The van der Waals surface area contributed by atoms with E-state index in [-0.39, 0.29) is 0 Å². The SMILES string of the molecule is C=C(/C=C\C)c1cc2ccccc2cc1Nc1ccc(-c2ccc3c4c(cccc24)-c2c-3c(-c3ccccc3)c3ccccc3c2-c2ccccc2)cc1. The van der Waals surface area contributed by atoms with E-state index in [0.29, 0.717) is 0 Å². The molecule has 1 nitrogen and oxygen atoms in total. The van der Waals surface area contributed by atoms with Crippen molar-refractivity contribution in [2.75, 3.05) is 5.32 Å². The second kappa shape index (κ2) is 12.9. The molecule has 0 aromatic heterocycles. The third-order valence-corrected chi connectivity index (χ3v) is 11.0. The van der Waals surface area contributed by atoms with Crippen LogP contribution in [0.25, 0.3) is 93.5 Å². The Morgan fingerprint density at radius 3 is 1.63 bits per heavy atom. The maximum absolute atomic E-state index is 4.37. The van der Waals surface area contributed by atoms with Crippen LogP contribution in [0, 0.1) is 0 Å². The molecular formula is C53H37N. The molecule has 0 heterocycles. The number of nitrogens with one attached hydrogen (secondary N) is 1. The molecule has 0 unspecified atom stereocenters. The Morgan fingerprint density at radius 2 is 1.00 bits per heavy atom. The third-order valence-electron chi connectivity index (χ3n) is 11.0. The second-order valence-electron chi connectivity index (χ2n) is 14.1. The Kier molecular flexibility index (Phi) is 7.59. The van der Waals surface area contributed by atoms with Gasteiger partial charge in [-0.1, -0.05) is 170 Å². The van der Waals surface area contributed by atoms with Crippen molar-refractivity contribution < 1.29 is 0 Å². The second-order valence-corrected chi connectivity index (χ2v) is 14.1. The summed E-state index contributed by atoms with van der Waals surface area (Å²) in [6, 6.07) is 64.2. The predicted molar refractivity (Wildman–Crippen MR) is 233 cm³/mol. The van der Waals surface area contributed by atoms with Gasteiger partial charge in [-0.3, -0.25) is 0 Å². The summed E-state index contributed by atoms with van der Waals surface area (Å²) in [7, 11) is 0. The van der Waals surface area contributed by atoms with Crippen molar-refractivity contribution in [1.29, 1.82) is 0 Å². The summed E-state index contributed by atoms with van der Waals surface area (Å²) >= 11 is 0. The molecule has 1 aliphatic carbocycles. The minimum Gasteiger partial charge on any atom is -0.355 e. The average molecular weight is 688 g/mol. The van der Waals surface area contributed by atoms with Gasteiger partial charge in [-0.2, -0.15) is 0 Å². The van der Waals surface area contributed by atoms with Gasteiger partial charge in [0.15, 0.2) is 0 Å². The van der Waals surface area contributed by atoms with E-state index < -0.39 is 0 Å². The van der Waals surface area contributed by atoms with Crippen LogP contribution in [0.1, 0.15) is 12.5 Å². The summed E-state index contributed by atoms with van der Waals surface area (Å²) in [6.45, 7) is 6.41. The van der Waals surface area contributed by atoms with Crippen molar-refractivity contribution in [2.24, 2.45) is 0 Å². The molecule has 0 amide bonds. The first kappa shape index (κ1) is 31.7. The van der Waals surface area contributed by atoms with E-state index in [4.69, 9.17) is 0 Å². The minimum absolute atomic E-state index is 0.981. The number of rotatable bonds is 7. The summed E-state index contributed by atoms with van der Waals surface area (Å²) < 4.78 is 0. The van der Waals surface area contributed by atoms with Gasteiger partial charge in [0.05, 0.1) is 0 Å². The van der Waals surface area contributed by atoms with E-state index in [0.717, 1.165) is 22.5 Å². The Balaban J connectivity index is 1.13.